The van der Waals surface area contributed by atoms with E-state index < -0.39 is 36.7 Å². The lowest BCUT2D eigenvalue weighted by molar-refractivity contribution is -0.121. The van der Waals surface area contributed by atoms with Crippen molar-refractivity contribution in [2.45, 2.75) is 55.9 Å². The third-order valence-electron chi connectivity index (χ3n) is 6.34. The summed E-state index contributed by atoms with van der Waals surface area (Å²) in [6.07, 6.45) is 0.686. The second kappa shape index (κ2) is 12.3. The van der Waals surface area contributed by atoms with Gasteiger partial charge in [-0.05, 0) is 36.6 Å². The quantitative estimate of drug-likeness (QED) is 0.254. The van der Waals surface area contributed by atoms with Crippen molar-refractivity contribution in [3.8, 4) is 0 Å². The molecule has 0 aliphatic carbocycles. The molecule has 0 fully saturated rings. The van der Waals surface area contributed by atoms with Crippen LogP contribution in [0.25, 0.3) is 10.2 Å². The highest BCUT2D eigenvalue weighted by molar-refractivity contribution is 7.91. The van der Waals surface area contributed by atoms with Crippen LogP contribution in [0.15, 0.2) is 53.4 Å². The summed E-state index contributed by atoms with van der Waals surface area (Å²) in [7, 11) is -7.61. The van der Waals surface area contributed by atoms with E-state index in [1.165, 1.54) is 30.4 Å². The molecule has 0 saturated heterocycles. The van der Waals surface area contributed by atoms with Crippen molar-refractivity contribution in [3.63, 3.8) is 0 Å². The third kappa shape index (κ3) is 7.98. The number of nitrogens with one attached hydrogen (secondary N) is 1. The molecule has 1 aromatic heterocycles. The van der Waals surface area contributed by atoms with Gasteiger partial charge < -0.3 is 16.2 Å². The van der Waals surface area contributed by atoms with E-state index in [0.29, 0.717) is 20.9 Å². The molecule has 3 rings (SSSR count). The van der Waals surface area contributed by atoms with Gasteiger partial charge in [0.2, 0.25) is 15.9 Å². The van der Waals surface area contributed by atoms with Crippen molar-refractivity contribution in [3.05, 3.63) is 54.1 Å². The van der Waals surface area contributed by atoms with Gasteiger partial charge >= 0.3 is 0 Å². The predicted molar refractivity (Wildman–Crippen MR) is 154 cm³/mol. The number of rotatable bonds is 13. The smallest absolute Gasteiger partial charge is 0.245 e. The highest BCUT2D eigenvalue weighted by Gasteiger charge is 2.43. The Bertz CT molecular complexity index is 1510. The Hall–Kier alpha value is -2.58. The monoisotopic (exact) mass is 596 g/mol. The number of anilines is 1. The average molecular weight is 597 g/mol. The summed E-state index contributed by atoms with van der Waals surface area (Å²) in [6.45, 7) is 5.12. The molecule has 214 valence electrons. The number of carbonyl (C=O) groups is 1. The van der Waals surface area contributed by atoms with Crippen LogP contribution in [0.5, 0.6) is 0 Å². The maximum atomic E-state index is 14.1. The fourth-order valence-electron chi connectivity index (χ4n) is 4.14. The fourth-order valence-corrected chi connectivity index (χ4v) is 7.31. The van der Waals surface area contributed by atoms with Gasteiger partial charge in [0, 0.05) is 38.6 Å². The number of hydrogen-bond donors (Lipinski definition) is 3. The molecule has 0 saturated carbocycles. The van der Waals surface area contributed by atoms with Gasteiger partial charge in [-0.3, -0.25) is 4.79 Å². The zero-order valence-corrected chi connectivity index (χ0v) is 24.9. The van der Waals surface area contributed by atoms with Crippen LogP contribution in [-0.4, -0.2) is 67.5 Å². The second-order valence-electron chi connectivity index (χ2n) is 10.2. The van der Waals surface area contributed by atoms with E-state index >= 15 is 0 Å². The molecule has 13 heteroatoms. The third-order valence-corrected chi connectivity index (χ3v) is 10.7. The van der Waals surface area contributed by atoms with E-state index in [1.807, 2.05) is 19.9 Å². The van der Waals surface area contributed by atoms with E-state index in [0.717, 1.165) is 10.6 Å². The molecule has 1 amide bonds. The van der Waals surface area contributed by atoms with E-state index in [1.54, 1.807) is 30.3 Å². The van der Waals surface area contributed by atoms with Gasteiger partial charge in [-0.15, -0.1) is 0 Å². The Morgan fingerprint density at radius 3 is 2.41 bits per heavy atom. The van der Waals surface area contributed by atoms with Crippen molar-refractivity contribution in [1.82, 2.24) is 14.6 Å². The minimum absolute atomic E-state index is 0.00296. The van der Waals surface area contributed by atoms with Gasteiger partial charge in [-0.1, -0.05) is 55.5 Å². The van der Waals surface area contributed by atoms with Crippen molar-refractivity contribution in [2.75, 3.05) is 25.1 Å². The number of nitrogen functional groups attached to an aromatic ring is 1. The van der Waals surface area contributed by atoms with Crippen LogP contribution < -0.4 is 11.1 Å². The molecule has 0 aliphatic heterocycles. The summed E-state index contributed by atoms with van der Waals surface area (Å²) >= 11 is 1.17. The first-order valence-corrected chi connectivity index (χ1v) is 16.7. The number of amides is 1. The Balaban J connectivity index is 1.96. The number of carbonyl (C=O) groups excluding carboxylic acids is 1. The van der Waals surface area contributed by atoms with E-state index in [4.69, 9.17) is 5.73 Å². The minimum atomic E-state index is -4.22. The zero-order valence-electron chi connectivity index (χ0n) is 22.5. The van der Waals surface area contributed by atoms with Gasteiger partial charge in [-0.2, -0.15) is 4.31 Å². The number of sulfone groups is 1. The first-order chi connectivity index (χ1) is 18.1. The van der Waals surface area contributed by atoms with Crippen molar-refractivity contribution < 1.29 is 26.7 Å². The number of fused-ring (bicyclic) bond motifs is 1. The number of nitrogens with zero attached hydrogens (tertiary/aromatic N) is 2. The Kier molecular flexibility index (Phi) is 9.76. The van der Waals surface area contributed by atoms with Crippen LogP contribution in [-0.2, 0) is 31.1 Å². The van der Waals surface area contributed by atoms with Crippen LogP contribution >= 0.6 is 11.3 Å². The lowest BCUT2D eigenvalue weighted by atomic mass is 9.98. The van der Waals surface area contributed by atoms with Gasteiger partial charge in [0.15, 0.2) is 15.0 Å². The summed E-state index contributed by atoms with van der Waals surface area (Å²) in [4.78, 5) is 16.6. The summed E-state index contributed by atoms with van der Waals surface area (Å²) in [6, 6.07) is 13.5. The number of aliphatic hydroxyl groups is 1. The van der Waals surface area contributed by atoms with E-state index in [2.05, 4.69) is 10.3 Å². The van der Waals surface area contributed by atoms with Crippen LogP contribution in [0.1, 0.15) is 39.2 Å². The molecule has 2 aromatic carbocycles. The van der Waals surface area contributed by atoms with Crippen LogP contribution in [0.2, 0.25) is 0 Å². The van der Waals surface area contributed by atoms with Gasteiger partial charge in [0.1, 0.15) is 5.72 Å². The molecule has 1 heterocycles. The number of hydrogen-bond acceptors (Lipinski definition) is 9. The molecular weight excluding hydrogens is 561 g/mol. The lowest BCUT2D eigenvalue weighted by Gasteiger charge is -2.40. The summed E-state index contributed by atoms with van der Waals surface area (Å²) in [5, 5.41) is 14.2. The maximum Gasteiger partial charge on any atom is 0.245 e. The van der Waals surface area contributed by atoms with Crippen LogP contribution in [0.3, 0.4) is 0 Å². The first kappa shape index (κ1) is 31.0. The SMILES string of the molecule is CC(C)CN(C(O)(CCNC(=O)CC(C)S(C)(=O)=O)Cc1ccccc1)S(=O)(=O)c1ccc2nc(N)sc2c1. The number of thiazole rings is 1. The molecule has 0 bridgehead atoms. The summed E-state index contributed by atoms with van der Waals surface area (Å²) in [5.74, 6) is -0.628. The number of aromatic nitrogens is 1. The fraction of sp³-hybridized carbons (Fsp3) is 0.462. The second-order valence-corrected chi connectivity index (χ2v) is 15.6. The molecule has 0 spiro atoms. The molecule has 2 atom stereocenters. The average Bonchev–Trinajstić information content (AvgIpc) is 3.21. The van der Waals surface area contributed by atoms with Crippen LogP contribution in [0.4, 0.5) is 5.13 Å². The van der Waals surface area contributed by atoms with Crippen molar-refractivity contribution >= 4 is 52.5 Å². The molecule has 0 aliphatic rings. The van der Waals surface area contributed by atoms with Gasteiger partial charge in [0.05, 0.1) is 20.4 Å². The number of nitrogens with two attached hydrogens (primary N) is 1. The molecule has 0 radical (unpaired) electrons. The van der Waals surface area contributed by atoms with Crippen molar-refractivity contribution in [2.24, 2.45) is 5.92 Å². The summed E-state index contributed by atoms with van der Waals surface area (Å²) < 4.78 is 53.3. The Morgan fingerprint density at radius 2 is 1.79 bits per heavy atom. The standard InChI is InChI=1S/C26H36N4O6S3/c1-18(2)17-30(39(35,36)21-10-11-22-23(15-21)37-25(27)29-22)26(32,16-20-8-6-5-7-9-20)12-13-28-24(31)14-19(3)38(4,33)34/h5-11,15,18-19,32H,12-14,16-17H2,1-4H3,(H2,27,29)(H,28,31). The molecule has 4 N–H and O–H groups in total. The van der Waals surface area contributed by atoms with Gasteiger partial charge in [-0.25, -0.2) is 21.8 Å². The van der Waals surface area contributed by atoms with Crippen molar-refractivity contribution in [1.29, 1.82) is 0 Å². The van der Waals surface area contributed by atoms with E-state index in [9.17, 15) is 26.7 Å². The van der Waals surface area contributed by atoms with Crippen LogP contribution in [0, 0.1) is 5.92 Å². The largest absolute Gasteiger partial charge is 0.375 e. The highest BCUT2D eigenvalue weighted by Crippen LogP contribution is 2.33. The number of benzene rings is 2. The first-order valence-electron chi connectivity index (χ1n) is 12.5. The maximum absolute atomic E-state index is 14.1. The normalized spacial score (nSPS) is 14.9. The minimum Gasteiger partial charge on any atom is -0.375 e. The topological polar surface area (TPSA) is 160 Å². The number of sulfonamides is 1. The lowest BCUT2D eigenvalue weighted by Crippen LogP contribution is -2.55. The summed E-state index contributed by atoms with van der Waals surface area (Å²) in [5.41, 5.74) is 5.20. The molecule has 2 unspecified atom stereocenters. The Labute approximate surface area is 234 Å². The van der Waals surface area contributed by atoms with E-state index in [-0.39, 0.29) is 43.2 Å². The zero-order chi connectivity index (χ0) is 29.0. The Morgan fingerprint density at radius 1 is 1.13 bits per heavy atom. The highest BCUT2D eigenvalue weighted by atomic mass is 32.2. The molecule has 39 heavy (non-hydrogen) atoms. The molecule has 3 aromatic rings. The van der Waals surface area contributed by atoms with Gasteiger partial charge in [0.25, 0.3) is 0 Å². The predicted octanol–water partition coefficient (Wildman–Crippen LogP) is 2.79. The molecular formula is C26H36N4O6S3. The molecule has 10 nitrogen and oxygen atoms in total.